The maximum atomic E-state index is 14.1. The van der Waals surface area contributed by atoms with Crippen LogP contribution in [0.4, 0.5) is 4.39 Å². The smallest absolute Gasteiger partial charge is 0.126 e. The second-order valence-electron chi connectivity index (χ2n) is 5.23. The lowest BCUT2D eigenvalue weighted by Gasteiger charge is -2.17. The molecule has 0 unspecified atom stereocenters. The summed E-state index contributed by atoms with van der Waals surface area (Å²) in [6, 6.07) is 5.77. The lowest BCUT2D eigenvalue weighted by Crippen LogP contribution is -2.20. The summed E-state index contributed by atoms with van der Waals surface area (Å²) >= 11 is 0. The summed E-state index contributed by atoms with van der Waals surface area (Å²) < 4.78 is 14.1. The van der Waals surface area contributed by atoms with Crippen LogP contribution in [0.5, 0.6) is 0 Å². The fraction of sp³-hybridized carbons (Fsp3) is 0.600. The number of halogens is 1. The molecule has 0 heterocycles. The Morgan fingerprint density at radius 3 is 2.35 bits per heavy atom. The summed E-state index contributed by atoms with van der Waals surface area (Å²) in [5, 5.41) is 0. The van der Waals surface area contributed by atoms with Gasteiger partial charge in [0.2, 0.25) is 0 Å². The first-order valence-corrected chi connectivity index (χ1v) is 6.67. The van der Waals surface area contributed by atoms with Gasteiger partial charge < -0.3 is 5.73 Å². The summed E-state index contributed by atoms with van der Waals surface area (Å²) in [5.74, 6) is 0.299. The average molecular weight is 235 g/mol. The molecule has 1 aromatic rings. The average Bonchev–Trinajstić information content (AvgIpc) is 3.13. The molecule has 1 nitrogen and oxygen atoms in total. The van der Waals surface area contributed by atoms with Gasteiger partial charge in [-0.1, -0.05) is 26.0 Å². The molecule has 0 radical (unpaired) electrons. The Kier molecular flexibility index (Phi) is 3.53. The number of hydrogen-bond acceptors (Lipinski definition) is 1. The fourth-order valence-electron chi connectivity index (χ4n) is 2.68. The molecule has 0 bridgehead atoms. The van der Waals surface area contributed by atoms with Crippen molar-refractivity contribution >= 4 is 0 Å². The van der Waals surface area contributed by atoms with E-state index < -0.39 is 0 Å². The minimum atomic E-state index is -0.0454. The fourth-order valence-corrected chi connectivity index (χ4v) is 2.68. The van der Waals surface area contributed by atoms with Gasteiger partial charge >= 0.3 is 0 Å². The third-order valence-corrected chi connectivity index (χ3v) is 4.28. The Morgan fingerprint density at radius 1 is 1.29 bits per heavy atom. The maximum absolute atomic E-state index is 14.1. The molecule has 94 valence electrons. The molecule has 2 N–H and O–H groups in total. The van der Waals surface area contributed by atoms with Gasteiger partial charge in [-0.05, 0) is 48.8 Å². The molecule has 1 saturated carbocycles. The van der Waals surface area contributed by atoms with Gasteiger partial charge in [0.25, 0.3) is 0 Å². The van der Waals surface area contributed by atoms with E-state index in [4.69, 9.17) is 5.73 Å². The minimum absolute atomic E-state index is 0.0454. The zero-order valence-electron chi connectivity index (χ0n) is 10.8. The van der Waals surface area contributed by atoms with E-state index in [9.17, 15) is 4.39 Å². The Morgan fingerprint density at radius 2 is 1.94 bits per heavy atom. The van der Waals surface area contributed by atoms with E-state index in [0.29, 0.717) is 12.5 Å². The van der Waals surface area contributed by atoms with Crippen LogP contribution in [0.1, 0.15) is 56.6 Å². The topological polar surface area (TPSA) is 26.0 Å². The van der Waals surface area contributed by atoms with Crippen LogP contribution in [-0.2, 0) is 5.41 Å². The van der Waals surface area contributed by atoms with E-state index >= 15 is 0 Å². The Hall–Kier alpha value is -0.890. The zero-order chi connectivity index (χ0) is 12.5. The first-order chi connectivity index (χ1) is 8.16. The number of rotatable bonds is 5. The molecule has 0 aliphatic heterocycles. The molecular weight excluding hydrogens is 213 g/mol. The van der Waals surface area contributed by atoms with Gasteiger partial charge in [-0.3, -0.25) is 0 Å². The third kappa shape index (κ3) is 2.23. The summed E-state index contributed by atoms with van der Waals surface area (Å²) in [4.78, 5) is 0. The van der Waals surface area contributed by atoms with Crippen LogP contribution in [0.3, 0.4) is 0 Å². The maximum Gasteiger partial charge on any atom is 0.126 e. The van der Waals surface area contributed by atoms with E-state index in [2.05, 4.69) is 19.9 Å². The summed E-state index contributed by atoms with van der Waals surface area (Å²) in [6.07, 6.45) is 4.20. The molecule has 2 heteroatoms. The van der Waals surface area contributed by atoms with Gasteiger partial charge in [-0.2, -0.15) is 0 Å². The van der Waals surface area contributed by atoms with Crippen LogP contribution < -0.4 is 5.73 Å². The minimum Gasteiger partial charge on any atom is -0.330 e. The van der Waals surface area contributed by atoms with Crippen molar-refractivity contribution in [1.82, 2.24) is 0 Å². The van der Waals surface area contributed by atoms with Gasteiger partial charge in [-0.15, -0.1) is 0 Å². The van der Waals surface area contributed by atoms with Gasteiger partial charge in [0.15, 0.2) is 0 Å². The molecule has 1 aromatic carbocycles. The Labute approximate surface area is 103 Å². The number of hydrogen-bond donors (Lipinski definition) is 1. The van der Waals surface area contributed by atoms with Crippen molar-refractivity contribution in [3.8, 4) is 0 Å². The van der Waals surface area contributed by atoms with Gasteiger partial charge in [0.05, 0.1) is 0 Å². The van der Waals surface area contributed by atoms with Crippen LogP contribution in [0, 0.1) is 5.82 Å². The largest absolute Gasteiger partial charge is 0.330 e. The second kappa shape index (κ2) is 4.77. The third-order valence-electron chi connectivity index (χ3n) is 4.28. The molecule has 0 spiro atoms. The highest BCUT2D eigenvalue weighted by atomic mass is 19.1. The predicted octanol–water partition coefficient (Wildman–Crippen LogP) is 3.72. The summed E-state index contributed by atoms with van der Waals surface area (Å²) in [6.45, 7) is 4.87. The molecule has 1 aliphatic rings. The van der Waals surface area contributed by atoms with E-state index in [-0.39, 0.29) is 11.2 Å². The van der Waals surface area contributed by atoms with Crippen LogP contribution in [0.2, 0.25) is 0 Å². The highest BCUT2D eigenvalue weighted by molar-refractivity contribution is 5.36. The van der Waals surface area contributed by atoms with Crippen molar-refractivity contribution in [2.75, 3.05) is 6.54 Å². The number of benzene rings is 1. The van der Waals surface area contributed by atoms with E-state index in [1.165, 1.54) is 0 Å². The predicted molar refractivity (Wildman–Crippen MR) is 69.7 cm³/mol. The van der Waals surface area contributed by atoms with Crippen molar-refractivity contribution in [3.63, 3.8) is 0 Å². The Bertz CT molecular complexity index is 392. The zero-order valence-corrected chi connectivity index (χ0v) is 10.8. The second-order valence-corrected chi connectivity index (χ2v) is 5.23. The first-order valence-electron chi connectivity index (χ1n) is 6.67. The van der Waals surface area contributed by atoms with Crippen LogP contribution >= 0.6 is 0 Å². The summed E-state index contributed by atoms with van der Waals surface area (Å²) in [5.41, 5.74) is 7.83. The molecule has 0 atom stereocenters. The lowest BCUT2D eigenvalue weighted by molar-refractivity contribution is 0.553. The number of nitrogens with two attached hydrogens (primary N) is 1. The molecule has 0 aromatic heterocycles. The SMILES string of the molecule is CCC(CC)c1ccc(C2(CN)CC2)cc1F. The van der Waals surface area contributed by atoms with E-state index in [1.807, 2.05) is 6.07 Å². The molecule has 1 fully saturated rings. The molecule has 1 aliphatic carbocycles. The molecule has 0 amide bonds. The van der Waals surface area contributed by atoms with Crippen molar-refractivity contribution in [2.45, 2.75) is 50.9 Å². The van der Waals surface area contributed by atoms with Gasteiger partial charge in [0, 0.05) is 12.0 Å². The highest BCUT2D eigenvalue weighted by Crippen LogP contribution is 2.47. The normalized spacial score (nSPS) is 17.5. The van der Waals surface area contributed by atoms with Crippen molar-refractivity contribution in [2.24, 2.45) is 5.73 Å². The highest BCUT2D eigenvalue weighted by Gasteiger charge is 2.43. The van der Waals surface area contributed by atoms with Crippen LogP contribution in [-0.4, -0.2) is 6.54 Å². The van der Waals surface area contributed by atoms with Crippen LogP contribution in [0.15, 0.2) is 18.2 Å². The van der Waals surface area contributed by atoms with E-state index in [0.717, 1.165) is 36.8 Å². The van der Waals surface area contributed by atoms with Crippen molar-refractivity contribution < 1.29 is 4.39 Å². The molecule has 17 heavy (non-hydrogen) atoms. The Balaban J connectivity index is 2.29. The van der Waals surface area contributed by atoms with Crippen molar-refractivity contribution in [1.29, 1.82) is 0 Å². The molecule has 2 rings (SSSR count). The molecule has 0 saturated heterocycles. The van der Waals surface area contributed by atoms with Crippen LogP contribution in [0.25, 0.3) is 0 Å². The van der Waals surface area contributed by atoms with Gasteiger partial charge in [-0.25, -0.2) is 4.39 Å². The van der Waals surface area contributed by atoms with Crippen molar-refractivity contribution in [3.05, 3.63) is 35.1 Å². The quantitative estimate of drug-likeness (QED) is 0.827. The lowest BCUT2D eigenvalue weighted by atomic mass is 9.89. The standard InChI is InChI=1S/C15H22FN/c1-3-11(4-2)13-6-5-12(9-14(13)16)15(10-17)7-8-15/h5-6,9,11H,3-4,7-8,10,17H2,1-2H3. The first kappa shape index (κ1) is 12.6. The van der Waals surface area contributed by atoms with E-state index in [1.54, 1.807) is 6.07 Å². The monoisotopic (exact) mass is 235 g/mol. The van der Waals surface area contributed by atoms with Gasteiger partial charge in [0.1, 0.15) is 5.82 Å². The molecular formula is C15H22FN. The summed E-state index contributed by atoms with van der Waals surface area (Å²) in [7, 11) is 0.